The van der Waals surface area contributed by atoms with Crippen molar-refractivity contribution in [3.8, 4) is 0 Å². The summed E-state index contributed by atoms with van der Waals surface area (Å²) in [5.74, 6) is 0.620. The van der Waals surface area contributed by atoms with E-state index >= 15 is 0 Å². The molecule has 1 saturated carbocycles. The van der Waals surface area contributed by atoms with Gasteiger partial charge in [-0.1, -0.05) is 0 Å². The highest BCUT2D eigenvalue weighted by Gasteiger charge is 2.33. The molecule has 3 heteroatoms. The third-order valence-electron chi connectivity index (χ3n) is 2.16. The van der Waals surface area contributed by atoms with Crippen LogP contribution in [-0.4, -0.2) is 18.2 Å². The van der Waals surface area contributed by atoms with E-state index in [9.17, 15) is 0 Å². The van der Waals surface area contributed by atoms with Gasteiger partial charge in [0.25, 0.3) is 0 Å². The topological polar surface area (TPSA) is 35.2 Å². The van der Waals surface area contributed by atoms with Crippen molar-refractivity contribution in [2.45, 2.75) is 45.3 Å². The number of halogens is 1. The number of ether oxygens (including phenoxy) is 1. The maximum Gasteiger partial charge on any atom is 0.0622 e. The third kappa shape index (κ3) is 3.30. The standard InChI is InChI=1S/C9H19NO.ClH/c1-9(2,3)11-8-5-4-7(8)6-10;/h7-8H,4-6,10H2,1-3H3;1H/t7-,8+;/m0./s1. The first-order valence-corrected chi connectivity index (χ1v) is 4.41. The summed E-state index contributed by atoms with van der Waals surface area (Å²) in [5.41, 5.74) is 5.56. The van der Waals surface area contributed by atoms with Crippen molar-refractivity contribution in [3.05, 3.63) is 0 Å². The fourth-order valence-corrected chi connectivity index (χ4v) is 1.42. The number of nitrogens with two attached hydrogens (primary N) is 1. The van der Waals surface area contributed by atoms with E-state index in [2.05, 4.69) is 20.8 Å². The fraction of sp³-hybridized carbons (Fsp3) is 1.00. The van der Waals surface area contributed by atoms with Crippen LogP contribution in [0.2, 0.25) is 0 Å². The molecule has 0 unspecified atom stereocenters. The maximum atomic E-state index is 5.80. The van der Waals surface area contributed by atoms with Gasteiger partial charge < -0.3 is 10.5 Å². The largest absolute Gasteiger partial charge is 0.372 e. The minimum atomic E-state index is -0.00148. The monoisotopic (exact) mass is 193 g/mol. The van der Waals surface area contributed by atoms with E-state index in [0.29, 0.717) is 12.0 Å². The SMILES string of the molecule is CC(C)(C)O[C@@H]1CC[C@H]1CN.Cl. The summed E-state index contributed by atoms with van der Waals surface area (Å²) in [6.07, 6.45) is 2.87. The average Bonchev–Trinajstić information content (AvgIpc) is 1.80. The van der Waals surface area contributed by atoms with Crippen LogP contribution in [0.1, 0.15) is 33.6 Å². The normalized spacial score (nSPS) is 29.0. The van der Waals surface area contributed by atoms with Gasteiger partial charge >= 0.3 is 0 Å². The molecular formula is C9H20ClNO. The highest BCUT2D eigenvalue weighted by atomic mass is 35.5. The summed E-state index contributed by atoms with van der Waals surface area (Å²) in [4.78, 5) is 0. The van der Waals surface area contributed by atoms with Crippen molar-refractivity contribution >= 4 is 12.4 Å². The van der Waals surface area contributed by atoms with E-state index < -0.39 is 0 Å². The van der Waals surface area contributed by atoms with Crippen LogP contribution < -0.4 is 5.73 Å². The summed E-state index contributed by atoms with van der Waals surface area (Å²) in [6.45, 7) is 7.07. The van der Waals surface area contributed by atoms with Crippen LogP contribution in [0.5, 0.6) is 0 Å². The first kappa shape index (κ1) is 12.2. The summed E-state index contributed by atoms with van der Waals surface area (Å²) >= 11 is 0. The molecule has 1 aliphatic rings. The number of hydrogen-bond donors (Lipinski definition) is 1. The van der Waals surface area contributed by atoms with E-state index in [1.807, 2.05) is 0 Å². The van der Waals surface area contributed by atoms with E-state index in [1.165, 1.54) is 12.8 Å². The molecule has 0 heterocycles. The molecule has 0 amide bonds. The molecule has 2 N–H and O–H groups in total. The second-order valence-electron chi connectivity index (χ2n) is 4.34. The Morgan fingerprint density at radius 2 is 1.92 bits per heavy atom. The Hall–Kier alpha value is 0.210. The lowest BCUT2D eigenvalue weighted by molar-refractivity contribution is -0.121. The maximum absolute atomic E-state index is 5.80. The molecular weight excluding hydrogens is 174 g/mol. The summed E-state index contributed by atoms with van der Waals surface area (Å²) in [7, 11) is 0. The van der Waals surface area contributed by atoms with E-state index in [1.54, 1.807) is 0 Å². The predicted molar refractivity (Wildman–Crippen MR) is 53.7 cm³/mol. The lowest BCUT2D eigenvalue weighted by Gasteiger charge is -2.40. The first-order valence-electron chi connectivity index (χ1n) is 4.41. The van der Waals surface area contributed by atoms with Crippen molar-refractivity contribution in [3.63, 3.8) is 0 Å². The average molecular weight is 194 g/mol. The van der Waals surface area contributed by atoms with E-state index in [0.717, 1.165) is 6.54 Å². The van der Waals surface area contributed by atoms with Gasteiger partial charge in [-0.15, -0.1) is 12.4 Å². The van der Waals surface area contributed by atoms with Gasteiger partial charge in [-0.3, -0.25) is 0 Å². The molecule has 0 bridgehead atoms. The number of rotatable bonds is 2. The zero-order valence-electron chi connectivity index (χ0n) is 8.17. The Bertz CT molecular complexity index is 131. The molecule has 0 spiro atoms. The Morgan fingerprint density at radius 1 is 1.33 bits per heavy atom. The van der Waals surface area contributed by atoms with Crippen LogP contribution in [0.3, 0.4) is 0 Å². The summed E-state index contributed by atoms with van der Waals surface area (Å²) < 4.78 is 5.80. The molecule has 12 heavy (non-hydrogen) atoms. The van der Waals surface area contributed by atoms with Gasteiger partial charge in [0.05, 0.1) is 11.7 Å². The van der Waals surface area contributed by atoms with Crippen molar-refractivity contribution in [1.29, 1.82) is 0 Å². The molecule has 0 aromatic heterocycles. The Balaban J connectivity index is 0.00000121. The van der Waals surface area contributed by atoms with E-state index in [4.69, 9.17) is 10.5 Å². The van der Waals surface area contributed by atoms with Crippen LogP contribution in [0.25, 0.3) is 0 Å². The molecule has 1 aliphatic carbocycles. The van der Waals surface area contributed by atoms with E-state index in [-0.39, 0.29) is 18.0 Å². The number of hydrogen-bond acceptors (Lipinski definition) is 2. The molecule has 2 nitrogen and oxygen atoms in total. The first-order chi connectivity index (χ1) is 5.03. The van der Waals surface area contributed by atoms with Gasteiger partial charge in [0.1, 0.15) is 0 Å². The van der Waals surface area contributed by atoms with Crippen molar-refractivity contribution < 1.29 is 4.74 Å². The van der Waals surface area contributed by atoms with Gasteiger partial charge in [-0.25, -0.2) is 0 Å². The van der Waals surface area contributed by atoms with Crippen LogP contribution in [-0.2, 0) is 4.74 Å². The van der Waals surface area contributed by atoms with Gasteiger partial charge in [-0.2, -0.15) is 0 Å². The van der Waals surface area contributed by atoms with Crippen LogP contribution >= 0.6 is 12.4 Å². The zero-order valence-corrected chi connectivity index (χ0v) is 8.99. The second kappa shape index (κ2) is 4.45. The molecule has 74 valence electrons. The second-order valence-corrected chi connectivity index (χ2v) is 4.34. The van der Waals surface area contributed by atoms with Gasteiger partial charge in [-0.05, 0) is 46.1 Å². The van der Waals surface area contributed by atoms with Crippen molar-refractivity contribution in [2.75, 3.05) is 6.54 Å². The molecule has 1 fully saturated rings. The smallest absolute Gasteiger partial charge is 0.0622 e. The fourth-order valence-electron chi connectivity index (χ4n) is 1.42. The van der Waals surface area contributed by atoms with Crippen LogP contribution in [0, 0.1) is 5.92 Å². The lowest BCUT2D eigenvalue weighted by atomic mass is 9.81. The summed E-state index contributed by atoms with van der Waals surface area (Å²) in [6, 6.07) is 0. The Labute approximate surface area is 81.3 Å². The predicted octanol–water partition coefficient (Wildman–Crippen LogP) is 1.96. The Kier molecular flexibility index (Phi) is 4.53. The quantitative estimate of drug-likeness (QED) is 0.728. The van der Waals surface area contributed by atoms with Crippen molar-refractivity contribution in [2.24, 2.45) is 11.7 Å². The van der Waals surface area contributed by atoms with Gasteiger partial charge in [0.2, 0.25) is 0 Å². The molecule has 0 aromatic rings. The van der Waals surface area contributed by atoms with Crippen LogP contribution in [0.4, 0.5) is 0 Å². The zero-order chi connectivity index (χ0) is 8.48. The molecule has 2 atom stereocenters. The van der Waals surface area contributed by atoms with Gasteiger partial charge in [0.15, 0.2) is 0 Å². The summed E-state index contributed by atoms with van der Waals surface area (Å²) in [5, 5.41) is 0. The lowest BCUT2D eigenvalue weighted by Crippen LogP contribution is -2.43. The molecule has 0 saturated heterocycles. The molecule has 1 rings (SSSR count). The highest BCUT2D eigenvalue weighted by Crippen LogP contribution is 2.32. The minimum absolute atomic E-state index is 0. The van der Waals surface area contributed by atoms with Crippen molar-refractivity contribution in [1.82, 2.24) is 0 Å². The molecule has 0 aromatic carbocycles. The van der Waals surface area contributed by atoms with Crippen LogP contribution in [0.15, 0.2) is 0 Å². The Morgan fingerprint density at radius 3 is 2.17 bits per heavy atom. The van der Waals surface area contributed by atoms with Gasteiger partial charge in [0, 0.05) is 0 Å². The molecule has 0 radical (unpaired) electrons. The highest BCUT2D eigenvalue weighted by molar-refractivity contribution is 5.85. The third-order valence-corrected chi connectivity index (χ3v) is 2.16. The minimum Gasteiger partial charge on any atom is -0.372 e. The molecule has 0 aliphatic heterocycles.